The molecule has 168 valence electrons. The van der Waals surface area contributed by atoms with Crippen molar-refractivity contribution in [3.8, 4) is 5.82 Å². The number of imidazole rings is 1. The maximum atomic E-state index is 12.5. The molecule has 34 heavy (non-hydrogen) atoms. The number of hydrogen-bond donors (Lipinski definition) is 2. The summed E-state index contributed by atoms with van der Waals surface area (Å²) in [5.41, 5.74) is 3.93. The van der Waals surface area contributed by atoms with Crippen LogP contribution in [-0.2, 0) is 0 Å². The zero-order chi connectivity index (χ0) is 23.5. The van der Waals surface area contributed by atoms with Gasteiger partial charge in [-0.25, -0.2) is 9.97 Å². The fourth-order valence-corrected chi connectivity index (χ4v) is 3.78. The molecule has 7 nitrogen and oxygen atoms in total. The standard InChI is InChI=1S/C26H21ClN6O/c1-17(18-5-3-2-4-6-18)30-26-28-14-13-24(32-26)33-16-29-22-15-21(11-12-23(22)33)31-25(34)19-7-9-20(27)10-8-19/h2-17H,1H3,(H,31,34)(H,28,30,32). The molecule has 1 unspecified atom stereocenters. The highest BCUT2D eigenvalue weighted by molar-refractivity contribution is 6.30. The van der Waals surface area contributed by atoms with Gasteiger partial charge in [0, 0.05) is 22.5 Å². The Labute approximate surface area is 201 Å². The monoisotopic (exact) mass is 468 g/mol. The van der Waals surface area contributed by atoms with E-state index in [4.69, 9.17) is 11.6 Å². The van der Waals surface area contributed by atoms with Crippen LogP contribution in [0.2, 0.25) is 5.02 Å². The van der Waals surface area contributed by atoms with Crippen LogP contribution in [0.4, 0.5) is 11.6 Å². The molecular weight excluding hydrogens is 448 g/mol. The number of rotatable bonds is 6. The van der Waals surface area contributed by atoms with Gasteiger partial charge in [0.15, 0.2) is 0 Å². The SMILES string of the molecule is CC(Nc1nccc(-n2cnc3cc(NC(=O)c4ccc(Cl)cc4)ccc32)n1)c1ccccc1. The summed E-state index contributed by atoms with van der Waals surface area (Å²) in [5.74, 6) is 1.01. The van der Waals surface area contributed by atoms with Crippen LogP contribution in [-0.4, -0.2) is 25.4 Å². The molecule has 1 atom stereocenters. The van der Waals surface area contributed by atoms with Crippen molar-refractivity contribution in [2.75, 3.05) is 10.6 Å². The van der Waals surface area contributed by atoms with E-state index in [1.807, 2.05) is 47.0 Å². The number of carbonyl (C=O) groups is 1. The maximum Gasteiger partial charge on any atom is 0.255 e. The molecule has 5 rings (SSSR count). The Morgan fingerprint density at radius 3 is 2.56 bits per heavy atom. The number of anilines is 2. The van der Waals surface area contributed by atoms with E-state index in [-0.39, 0.29) is 11.9 Å². The second-order valence-electron chi connectivity index (χ2n) is 7.79. The molecule has 1 amide bonds. The third-order valence-electron chi connectivity index (χ3n) is 5.44. The number of amides is 1. The second kappa shape index (κ2) is 9.33. The van der Waals surface area contributed by atoms with Crippen LogP contribution in [0.25, 0.3) is 16.9 Å². The first kappa shape index (κ1) is 21.6. The molecule has 2 aromatic heterocycles. The summed E-state index contributed by atoms with van der Waals surface area (Å²) in [6.45, 7) is 2.07. The van der Waals surface area contributed by atoms with E-state index in [0.717, 1.165) is 16.6 Å². The Kier molecular flexibility index (Phi) is 5.93. The molecule has 0 aliphatic carbocycles. The molecule has 0 radical (unpaired) electrons. The summed E-state index contributed by atoms with van der Waals surface area (Å²) in [6.07, 6.45) is 3.43. The first-order chi connectivity index (χ1) is 16.6. The number of nitrogens with one attached hydrogen (secondary N) is 2. The van der Waals surface area contributed by atoms with E-state index in [0.29, 0.717) is 28.0 Å². The van der Waals surface area contributed by atoms with Crippen LogP contribution in [0.3, 0.4) is 0 Å². The van der Waals surface area contributed by atoms with E-state index in [9.17, 15) is 4.79 Å². The molecule has 2 heterocycles. The number of hydrogen-bond acceptors (Lipinski definition) is 5. The largest absolute Gasteiger partial charge is 0.348 e. The van der Waals surface area contributed by atoms with Crippen LogP contribution in [0, 0.1) is 0 Å². The molecule has 0 spiro atoms. The lowest BCUT2D eigenvalue weighted by atomic mass is 10.1. The minimum atomic E-state index is -0.213. The van der Waals surface area contributed by atoms with Gasteiger partial charge in [-0.1, -0.05) is 41.9 Å². The highest BCUT2D eigenvalue weighted by Crippen LogP contribution is 2.23. The van der Waals surface area contributed by atoms with Crippen molar-refractivity contribution < 1.29 is 4.79 Å². The van der Waals surface area contributed by atoms with Crippen LogP contribution in [0.15, 0.2) is 91.4 Å². The molecule has 0 saturated carbocycles. The van der Waals surface area contributed by atoms with E-state index in [1.54, 1.807) is 36.8 Å². The Bertz CT molecular complexity index is 1450. The molecular formula is C26H21ClN6O. The number of aromatic nitrogens is 4. The normalized spacial score (nSPS) is 11.8. The van der Waals surface area contributed by atoms with Gasteiger partial charge >= 0.3 is 0 Å². The van der Waals surface area contributed by atoms with Crippen LogP contribution < -0.4 is 10.6 Å². The average Bonchev–Trinajstić information content (AvgIpc) is 3.28. The lowest BCUT2D eigenvalue weighted by Gasteiger charge is -2.14. The van der Waals surface area contributed by atoms with Gasteiger partial charge in [-0.15, -0.1) is 0 Å². The third kappa shape index (κ3) is 4.60. The first-order valence-electron chi connectivity index (χ1n) is 10.8. The summed E-state index contributed by atoms with van der Waals surface area (Å²) in [4.78, 5) is 26.0. The van der Waals surface area contributed by atoms with Crippen molar-refractivity contribution in [2.45, 2.75) is 13.0 Å². The fraction of sp³-hybridized carbons (Fsp3) is 0.0769. The van der Waals surface area contributed by atoms with Gasteiger partial charge in [-0.05, 0) is 61.0 Å². The van der Waals surface area contributed by atoms with Crippen molar-refractivity contribution in [1.82, 2.24) is 19.5 Å². The predicted octanol–water partition coefficient (Wildman–Crippen LogP) is 5.89. The van der Waals surface area contributed by atoms with Gasteiger partial charge in [-0.3, -0.25) is 9.36 Å². The summed E-state index contributed by atoms with van der Waals surface area (Å²) < 4.78 is 1.89. The zero-order valence-corrected chi connectivity index (χ0v) is 19.1. The smallest absolute Gasteiger partial charge is 0.255 e. The van der Waals surface area contributed by atoms with E-state index in [2.05, 4.69) is 44.6 Å². The van der Waals surface area contributed by atoms with Crippen molar-refractivity contribution >= 4 is 40.2 Å². The van der Waals surface area contributed by atoms with Crippen LogP contribution in [0.1, 0.15) is 28.9 Å². The van der Waals surface area contributed by atoms with Gasteiger partial charge in [0.25, 0.3) is 5.91 Å². The van der Waals surface area contributed by atoms with Crippen LogP contribution >= 0.6 is 11.6 Å². The Balaban J connectivity index is 1.36. The molecule has 0 bridgehead atoms. The Morgan fingerprint density at radius 1 is 0.971 bits per heavy atom. The summed E-state index contributed by atoms with van der Waals surface area (Å²) in [5, 5.41) is 6.83. The quantitative estimate of drug-likeness (QED) is 0.324. The van der Waals surface area contributed by atoms with Crippen molar-refractivity contribution in [3.63, 3.8) is 0 Å². The molecule has 3 aromatic carbocycles. The maximum absolute atomic E-state index is 12.5. The molecule has 2 N–H and O–H groups in total. The molecule has 0 aliphatic rings. The molecule has 0 fully saturated rings. The van der Waals surface area contributed by atoms with Crippen molar-refractivity contribution in [3.05, 3.63) is 108 Å². The summed E-state index contributed by atoms with van der Waals surface area (Å²) in [6, 6.07) is 24.3. The molecule has 0 aliphatic heterocycles. The van der Waals surface area contributed by atoms with Gasteiger partial charge in [0.2, 0.25) is 5.95 Å². The van der Waals surface area contributed by atoms with Crippen molar-refractivity contribution in [2.24, 2.45) is 0 Å². The van der Waals surface area contributed by atoms with Gasteiger partial charge in [-0.2, -0.15) is 4.98 Å². The Morgan fingerprint density at radius 2 is 1.76 bits per heavy atom. The first-order valence-corrected chi connectivity index (χ1v) is 11.1. The second-order valence-corrected chi connectivity index (χ2v) is 8.23. The summed E-state index contributed by atoms with van der Waals surface area (Å²) >= 11 is 5.90. The lowest BCUT2D eigenvalue weighted by Crippen LogP contribution is -2.11. The van der Waals surface area contributed by atoms with E-state index < -0.39 is 0 Å². The number of nitrogens with zero attached hydrogens (tertiary/aromatic N) is 4. The number of benzene rings is 3. The average molecular weight is 469 g/mol. The number of carbonyl (C=O) groups excluding carboxylic acids is 1. The highest BCUT2D eigenvalue weighted by atomic mass is 35.5. The molecule has 5 aromatic rings. The van der Waals surface area contributed by atoms with E-state index >= 15 is 0 Å². The minimum Gasteiger partial charge on any atom is -0.348 e. The van der Waals surface area contributed by atoms with E-state index in [1.165, 1.54) is 0 Å². The zero-order valence-electron chi connectivity index (χ0n) is 18.3. The fourth-order valence-electron chi connectivity index (χ4n) is 3.65. The summed E-state index contributed by atoms with van der Waals surface area (Å²) in [7, 11) is 0. The minimum absolute atomic E-state index is 0.0581. The Hall–Kier alpha value is -4.23. The molecule has 0 saturated heterocycles. The van der Waals surface area contributed by atoms with Gasteiger partial charge in [0.1, 0.15) is 12.1 Å². The number of fused-ring (bicyclic) bond motifs is 1. The van der Waals surface area contributed by atoms with Gasteiger partial charge < -0.3 is 10.6 Å². The van der Waals surface area contributed by atoms with Crippen molar-refractivity contribution in [1.29, 1.82) is 0 Å². The molecule has 8 heteroatoms. The third-order valence-corrected chi connectivity index (χ3v) is 5.70. The topological polar surface area (TPSA) is 84.7 Å². The van der Waals surface area contributed by atoms with Gasteiger partial charge in [0.05, 0.1) is 17.1 Å². The van der Waals surface area contributed by atoms with Crippen LogP contribution in [0.5, 0.6) is 0 Å². The predicted molar refractivity (Wildman–Crippen MR) is 135 cm³/mol. The number of halogens is 1. The highest BCUT2D eigenvalue weighted by Gasteiger charge is 2.12. The lowest BCUT2D eigenvalue weighted by molar-refractivity contribution is 0.102.